The molecule has 96 valence electrons. The van der Waals surface area contributed by atoms with Crippen molar-refractivity contribution >= 4 is 17.2 Å². The number of halogens is 3. The third kappa shape index (κ3) is 5.69. The minimum Gasteiger partial charge on any atom is -0.340 e. The van der Waals surface area contributed by atoms with E-state index in [4.69, 9.17) is 0 Å². The molecule has 1 rings (SSSR count). The van der Waals surface area contributed by atoms with Crippen LogP contribution in [0.1, 0.15) is 5.56 Å². The lowest BCUT2D eigenvalue weighted by atomic mass is 10.3. The van der Waals surface area contributed by atoms with Gasteiger partial charge >= 0.3 is 6.18 Å². The third-order valence-corrected chi connectivity index (χ3v) is 2.76. The highest BCUT2D eigenvalue weighted by Gasteiger charge is 2.26. The van der Waals surface area contributed by atoms with Crippen molar-refractivity contribution in [2.75, 3.05) is 20.1 Å². The molecule has 0 saturated heterocycles. The third-order valence-electron chi connectivity index (χ3n) is 2.03. The smallest absolute Gasteiger partial charge is 0.340 e. The number of alkyl halides is 3. The summed E-state index contributed by atoms with van der Waals surface area (Å²) < 4.78 is 35.5. The first-order valence-corrected chi connectivity index (χ1v) is 5.85. The quantitative estimate of drug-likeness (QED) is 0.882. The number of carbonyl (C=O) groups is 1. The van der Waals surface area contributed by atoms with E-state index in [1.54, 1.807) is 7.05 Å². The summed E-state index contributed by atoms with van der Waals surface area (Å²) in [6, 6.07) is 1.87. The zero-order chi connectivity index (χ0) is 12.9. The molecule has 7 heteroatoms. The average molecular weight is 266 g/mol. The van der Waals surface area contributed by atoms with Crippen LogP contribution in [0.5, 0.6) is 0 Å². The van der Waals surface area contributed by atoms with Crippen molar-refractivity contribution in [1.82, 2.24) is 10.2 Å². The van der Waals surface area contributed by atoms with E-state index in [-0.39, 0.29) is 12.5 Å². The van der Waals surface area contributed by atoms with Crippen molar-refractivity contribution in [2.45, 2.75) is 12.7 Å². The van der Waals surface area contributed by atoms with E-state index in [0.29, 0.717) is 6.54 Å². The van der Waals surface area contributed by atoms with Crippen LogP contribution >= 0.6 is 11.3 Å². The second-order valence-corrected chi connectivity index (χ2v) is 4.38. The van der Waals surface area contributed by atoms with E-state index in [2.05, 4.69) is 5.32 Å². The van der Waals surface area contributed by atoms with Crippen LogP contribution in [0.15, 0.2) is 16.8 Å². The van der Waals surface area contributed by atoms with Gasteiger partial charge in [-0.2, -0.15) is 24.5 Å². The average Bonchev–Trinajstić information content (AvgIpc) is 2.68. The minimum absolute atomic E-state index is 0.305. The van der Waals surface area contributed by atoms with Crippen molar-refractivity contribution in [2.24, 2.45) is 0 Å². The maximum Gasteiger partial charge on any atom is 0.401 e. The van der Waals surface area contributed by atoms with Crippen molar-refractivity contribution in [3.63, 3.8) is 0 Å². The number of thiophene rings is 1. The number of hydrogen-bond donors (Lipinski definition) is 1. The van der Waals surface area contributed by atoms with Crippen LogP contribution in [0, 0.1) is 0 Å². The molecule has 0 aliphatic rings. The van der Waals surface area contributed by atoms with Crippen LogP contribution in [-0.4, -0.2) is 37.1 Å². The number of carbonyl (C=O) groups excluding carboxylic acids is 1. The van der Waals surface area contributed by atoms with Crippen molar-refractivity contribution in [3.05, 3.63) is 22.4 Å². The SMILES string of the molecule is CN(Cc1ccsc1)C(=O)CNCC(F)(F)F. The normalized spacial score (nSPS) is 11.5. The summed E-state index contributed by atoms with van der Waals surface area (Å²) in [5.74, 6) is -0.361. The first kappa shape index (κ1) is 14.0. The molecule has 0 aromatic carbocycles. The fourth-order valence-corrected chi connectivity index (χ4v) is 1.85. The minimum atomic E-state index is -4.29. The molecule has 0 spiro atoms. The first-order chi connectivity index (χ1) is 7.88. The highest BCUT2D eigenvalue weighted by molar-refractivity contribution is 7.07. The molecule has 0 atom stereocenters. The first-order valence-electron chi connectivity index (χ1n) is 4.91. The Morgan fingerprint density at radius 2 is 2.24 bits per heavy atom. The predicted molar refractivity (Wildman–Crippen MR) is 59.7 cm³/mol. The zero-order valence-electron chi connectivity index (χ0n) is 9.25. The highest BCUT2D eigenvalue weighted by atomic mass is 32.1. The Morgan fingerprint density at radius 1 is 1.53 bits per heavy atom. The Hall–Kier alpha value is -1.08. The molecule has 1 aromatic rings. The van der Waals surface area contributed by atoms with E-state index in [1.165, 1.54) is 16.2 Å². The van der Waals surface area contributed by atoms with Gasteiger partial charge in [-0.1, -0.05) is 0 Å². The van der Waals surface area contributed by atoms with E-state index in [1.807, 2.05) is 16.8 Å². The molecule has 1 aromatic heterocycles. The summed E-state index contributed by atoms with van der Waals surface area (Å²) >= 11 is 1.51. The van der Waals surface area contributed by atoms with Gasteiger partial charge in [0, 0.05) is 13.6 Å². The molecule has 0 saturated carbocycles. The van der Waals surface area contributed by atoms with Crippen LogP contribution < -0.4 is 5.32 Å². The Morgan fingerprint density at radius 3 is 2.76 bits per heavy atom. The van der Waals surface area contributed by atoms with Crippen LogP contribution in [0.3, 0.4) is 0 Å². The summed E-state index contributed by atoms with van der Waals surface area (Å²) in [5.41, 5.74) is 0.974. The largest absolute Gasteiger partial charge is 0.401 e. The number of rotatable bonds is 5. The number of nitrogens with one attached hydrogen (secondary N) is 1. The van der Waals surface area contributed by atoms with Gasteiger partial charge in [-0.3, -0.25) is 4.79 Å². The van der Waals surface area contributed by atoms with Gasteiger partial charge in [-0.05, 0) is 22.4 Å². The van der Waals surface area contributed by atoms with Crippen LogP contribution in [0.2, 0.25) is 0 Å². The van der Waals surface area contributed by atoms with E-state index >= 15 is 0 Å². The molecule has 17 heavy (non-hydrogen) atoms. The molecule has 3 nitrogen and oxygen atoms in total. The Bertz CT molecular complexity index is 351. The topological polar surface area (TPSA) is 32.3 Å². The maximum absolute atomic E-state index is 11.8. The Balaban J connectivity index is 2.28. The fraction of sp³-hybridized carbons (Fsp3) is 0.500. The number of nitrogens with zero attached hydrogens (tertiary/aromatic N) is 1. The number of amides is 1. The molecule has 0 radical (unpaired) electrons. The van der Waals surface area contributed by atoms with Gasteiger partial charge in [0.25, 0.3) is 0 Å². The summed E-state index contributed by atoms with van der Waals surface area (Å²) in [6.45, 7) is -1.04. The monoisotopic (exact) mass is 266 g/mol. The number of hydrogen-bond acceptors (Lipinski definition) is 3. The van der Waals surface area contributed by atoms with Crippen LogP contribution in [0.4, 0.5) is 13.2 Å². The van der Waals surface area contributed by atoms with Gasteiger partial charge in [0.05, 0.1) is 13.1 Å². The molecule has 0 aliphatic heterocycles. The lowest BCUT2D eigenvalue weighted by molar-refractivity contribution is -0.133. The second-order valence-electron chi connectivity index (χ2n) is 3.60. The fourth-order valence-electron chi connectivity index (χ4n) is 1.19. The van der Waals surface area contributed by atoms with E-state index in [9.17, 15) is 18.0 Å². The molecule has 0 unspecified atom stereocenters. The van der Waals surface area contributed by atoms with Gasteiger partial charge < -0.3 is 10.2 Å². The van der Waals surface area contributed by atoms with Gasteiger partial charge in [-0.25, -0.2) is 0 Å². The maximum atomic E-state index is 11.8. The number of likely N-dealkylation sites (N-methyl/N-ethyl adjacent to an activating group) is 1. The Labute approximate surface area is 101 Å². The standard InChI is InChI=1S/C10H13F3N2OS/c1-15(5-8-2-3-17-6-8)9(16)4-14-7-10(11,12)13/h2-3,6,14H,4-5,7H2,1H3. The molecule has 0 bridgehead atoms. The van der Waals surface area contributed by atoms with E-state index < -0.39 is 12.7 Å². The lowest BCUT2D eigenvalue weighted by Crippen LogP contribution is -2.38. The zero-order valence-corrected chi connectivity index (χ0v) is 10.1. The molecule has 0 aliphatic carbocycles. The predicted octanol–water partition coefficient (Wildman–Crippen LogP) is 1.86. The molecule has 1 heterocycles. The molecule has 0 fully saturated rings. The molecular formula is C10H13F3N2OS. The lowest BCUT2D eigenvalue weighted by Gasteiger charge is -2.17. The highest BCUT2D eigenvalue weighted by Crippen LogP contribution is 2.12. The van der Waals surface area contributed by atoms with Gasteiger partial charge in [0.1, 0.15) is 0 Å². The molecule has 1 N–H and O–H groups in total. The van der Waals surface area contributed by atoms with Crippen LogP contribution in [0.25, 0.3) is 0 Å². The second kappa shape index (κ2) is 6.02. The van der Waals surface area contributed by atoms with Crippen molar-refractivity contribution < 1.29 is 18.0 Å². The molecular weight excluding hydrogens is 253 g/mol. The van der Waals surface area contributed by atoms with E-state index in [0.717, 1.165) is 5.56 Å². The summed E-state index contributed by atoms with van der Waals surface area (Å²) in [4.78, 5) is 12.8. The summed E-state index contributed by atoms with van der Waals surface area (Å²) in [7, 11) is 1.56. The van der Waals surface area contributed by atoms with Gasteiger partial charge in [0.15, 0.2) is 0 Å². The molecule has 1 amide bonds. The van der Waals surface area contributed by atoms with Crippen LogP contribution in [-0.2, 0) is 11.3 Å². The summed E-state index contributed by atoms with van der Waals surface area (Å²) in [5, 5.41) is 5.85. The summed E-state index contributed by atoms with van der Waals surface area (Å²) in [6.07, 6.45) is -4.29. The van der Waals surface area contributed by atoms with Gasteiger partial charge in [-0.15, -0.1) is 0 Å². The van der Waals surface area contributed by atoms with Crippen molar-refractivity contribution in [1.29, 1.82) is 0 Å². The van der Waals surface area contributed by atoms with Crippen molar-refractivity contribution in [3.8, 4) is 0 Å². The van der Waals surface area contributed by atoms with Gasteiger partial charge in [0.2, 0.25) is 5.91 Å². The Kier molecular flexibility index (Phi) is 4.95.